The van der Waals surface area contributed by atoms with Gasteiger partial charge in [0.05, 0.1) is 25.9 Å². The van der Waals surface area contributed by atoms with Gasteiger partial charge in [-0.25, -0.2) is 0 Å². The van der Waals surface area contributed by atoms with Crippen molar-refractivity contribution < 1.29 is 9.47 Å². The molecule has 4 heteroatoms. The lowest BCUT2D eigenvalue weighted by atomic mass is 10.2. The summed E-state index contributed by atoms with van der Waals surface area (Å²) in [6, 6.07) is 21.1. The molecule has 1 heterocycles. The Balaban J connectivity index is 1.47. The average Bonchev–Trinajstić information content (AvgIpc) is 3.08. The van der Waals surface area contributed by atoms with Crippen molar-refractivity contribution in [3.63, 3.8) is 0 Å². The molecule has 0 aliphatic carbocycles. The van der Waals surface area contributed by atoms with Gasteiger partial charge in [-0.15, -0.1) is 0 Å². The molecule has 2 atom stereocenters. The molecule has 0 radical (unpaired) electrons. The number of nitrogens with zero attached hydrogens (tertiary/aromatic N) is 1. The number of hydrogen-bond donors (Lipinski definition) is 1. The summed E-state index contributed by atoms with van der Waals surface area (Å²) in [5.74, 6) is 0. The fraction of sp³-hybridized carbons (Fsp3) is 0.455. The molecule has 2 aromatic rings. The highest BCUT2D eigenvalue weighted by Crippen LogP contribution is 2.22. The van der Waals surface area contributed by atoms with E-state index >= 15 is 0 Å². The van der Waals surface area contributed by atoms with Crippen molar-refractivity contribution in [1.82, 2.24) is 4.90 Å². The zero-order chi connectivity index (χ0) is 18.0. The molecule has 1 aliphatic rings. The van der Waals surface area contributed by atoms with Gasteiger partial charge in [-0.05, 0) is 37.1 Å². The van der Waals surface area contributed by atoms with Crippen molar-refractivity contribution in [1.29, 1.82) is 0 Å². The Bertz CT molecular complexity index is 621. The molecule has 3 rings (SSSR count). The second-order valence-corrected chi connectivity index (χ2v) is 6.95. The van der Waals surface area contributed by atoms with Crippen molar-refractivity contribution in [3.05, 3.63) is 71.8 Å². The molecule has 2 unspecified atom stereocenters. The molecular weight excluding hydrogens is 324 g/mol. The third kappa shape index (κ3) is 5.92. The Labute approximate surface area is 156 Å². The molecule has 0 amide bonds. The molecule has 1 aliphatic heterocycles. The van der Waals surface area contributed by atoms with E-state index in [1.165, 1.54) is 11.1 Å². The van der Waals surface area contributed by atoms with Crippen molar-refractivity contribution in [2.45, 2.75) is 38.2 Å². The van der Waals surface area contributed by atoms with Crippen LogP contribution in [-0.2, 0) is 22.7 Å². The fourth-order valence-electron chi connectivity index (χ4n) is 3.48. The van der Waals surface area contributed by atoms with Crippen LogP contribution in [0, 0.1) is 0 Å². The van der Waals surface area contributed by atoms with E-state index in [0.29, 0.717) is 19.3 Å². The molecule has 2 N–H and O–H groups in total. The molecule has 140 valence electrons. The first-order chi connectivity index (χ1) is 12.8. The van der Waals surface area contributed by atoms with Crippen molar-refractivity contribution in [2.75, 3.05) is 26.2 Å². The average molecular weight is 354 g/mol. The van der Waals surface area contributed by atoms with Crippen molar-refractivity contribution in [2.24, 2.45) is 5.73 Å². The lowest BCUT2D eigenvalue weighted by Gasteiger charge is -2.23. The minimum absolute atomic E-state index is 0.262. The molecule has 0 bridgehead atoms. The van der Waals surface area contributed by atoms with Crippen molar-refractivity contribution in [3.8, 4) is 0 Å². The Morgan fingerprint density at radius 1 is 0.923 bits per heavy atom. The summed E-state index contributed by atoms with van der Waals surface area (Å²) in [7, 11) is 0. The van der Waals surface area contributed by atoms with Gasteiger partial charge in [0, 0.05) is 12.6 Å². The van der Waals surface area contributed by atoms with Crippen LogP contribution in [0.2, 0.25) is 0 Å². The van der Waals surface area contributed by atoms with Gasteiger partial charge in [0.15, 0.2) is 0 Å². The molecular formula is C22H30N2O2. The summed E-state index contributed by atoms with van der Waals surface area (Å²) >= 11 is 0. The summed E-state index contributed by atoms with van der Waals surface area (Å²) in [5, 5.41) is 0. The third-order valence-corrected chi connectivity index (χ3v) is 4.89. The zero-order valence-corrected chi connectivity index (χ0v) is 15.4. The van der Waals surface area contributed by atoms with E-state index in [2.05, 4.69) is 53.4 Å². The Hall–Kier alpha value is -1.72. The van der Waals surface area contributed by atoms with Crippen LogP contribution in [0.4, 0.5) is 0 Å². The first kappa shape index (κ1) is 19.1. The highest BCUT2D eigenvalue weighted by Gasteiger charge is 2.32. The topological polar surface area (TPSA) is 47.7 Å². The van der Waals surface area contributed by atoms with Crippen LogP contribution in [0.1, 0.15) is 24.0 Å². The smallest absolute Gasteiger partial charge is 0.0722 e. The predicted octanol–water partition coefficient (Wildman–Crippen LogP) is 3.21. The largest absolute Gasteiger partial charge is 0.375 e. The maximum absolute atomic E-state index is 6.17. The van der Waals surface area contributed by atoms with Gasteiger partial charge in [-0.1, -0.05) is 60.7 Å². The number of hydrogen-bond acceptors (Lipinski definition) is 4. The quantitative estimate of drug-likeness (QED) is 0.712. The lowest BCUT2D eigenvalue weighted by Crippen LogP contribution is -2.35. The molecule has 0 aromatic heterocycles. The van der Waals surface area contributed by atoms with Gasteiger partial charge in [0.2, 0.25) is 0 Å². The van der Waals surface area contributed by atoms with Gasteiger partial charge in [0.25, 0.3) is 0 Å². The Morgan fingerprint density at radius 2 is 1.58 bits per heavy atom. The number of rotatable bonds is 10. The lowest BCUT2D eigenvalue weighted by molar-refractivity contribution is 0.0460. The van der Waals surface area contributed by atoms with Gasteiger partial charge in [-0.2, -0.15) is 0 Å². The first-order valence-corrected chi connectivity index (χ1v) is 9.56. The normalized spacial score (nSPS) is 20.5. The molecule has 2 aromatic carbocycles. The van der Waals surface area contributed by atoms with Gasteiger partial charge < -0.3 is 15.2 Å². The molecule has 26 heavy (non-hydrogen) atoms. The Kier molecular flexibility index (Phi) is 7.65. The van der Waals surface area contributed by atoms with Crippen LogP contribution in [0.5, 0.6) is 0 Å². The Morgan fingerprint density at radius 3 is 2.23 bits per heavy atom. The minimum atomic E-state index is 0.262. The maximum Gasteiger partial charge on any atom is 0.0722 e. The summed E-state index contributed by atoms with van der Waals surface area (Å²) < 4.78 is 12.2. The minimum Gasteiger partial charge on any atom is -0.375 e. The number of benzene rings is 2. The molecule has 1 saturated heterocycles. The third-order valence-electron chi connectivity index (χ3n) is 4.89. The number of ether oxygens (including phenoxy) is 2. The second-order valence-electron chi connectivity index (χ2n) is 6.95. The van der Waals surface area contributed by atoms with E-state index in [1.54, 1.807) is 0 Å². The van der Waals surface area contributed by atoms with Gasteiger partial charge in [0.1, 0.15) is 0 Å². The van der Waals surface area contributed by atoms with Crippen LogP contribution >= 0.6 is 0 Å². The maximum atomic E-state index is 6.17. The SMILES string of the molecule is NCCCN1CC(OCc2ccccc2)CC1COCc1ccccc1. The second kappa shape index (κ2) is 10.4. The summed E-state index contributed by atoms with van der Waals surface area (Å²) in [4.78, 5) is 2.48. The highest BCUT2D eigenvalue weighted by molar-refractivity contribution is 5.14. The van der Waals surface area contributed by atoms with Crippen LogP contribution in [0.25, 0.3) is 0 Å². The van der Waals surface area contributed by atoms with E-state index in [4.69, 9.17) is 15.2 Å². The number of nitrogens with two attached hydrogens (primary N) is 1. The van der Waals surface area contributed by atoms with E-state index in [-0.39, 0.29) is 6.10 Å². The van der Waals surface area contributed by atoms with Crippen LogP contribution in [-0.4, -0.2) is 43.3 Å². The van der Waals surface area contributed by atoms with E-state index in [9.17, 15) is 0 Å². The summed E-state index contributed by atoms with van der Waals surface area (Å²) in [6.45, 7) is 4.78. The number of likely N-dealkylation sites (tertiary alicyclic amines) is 1. The molecule has 0 spiro atoms. The predicted molar refractivity (Wildman–Crippen MR) is 105 cm³/mol. The summed E-state index contributed by atoms with van der Waals surface area (Å²) in [5.41, 5.74) is 8.15. The van der Waals surface area contributed by atoms with E-state index in [0.717, 1.165) is 39.1 Å². The van der Waals surface area contributed by atoms with Crippen LogP contribution < -0.4 is 5.73 Å². The molecule has 0 saturated carbocycles. The summed E-state index contributed by atoms with van der Waals surface area (Å²) in [6.07, 6.45) is 2.30. The highest BCUT2D eigenvalue weighted by atomic mass is 16.5. The molecule has 1 fully saturated rings. The zero-order valence-electron chi connectivity index (χ0n) is 15.4. The van der Waals surface area contributed by atoms with E-state index in [1.807, 2.05) is 12.1 Å². The standard InChI is InChI=1S/C22H30N2O2/c23-12-7-13-24-15-22(26-17-20-10-5-2-6-11-20)14-21(24)18-25-16-19-8-3-1-4-9-19/h1-6,8-11,21-22H,7,12-18,23H2. The van der Waals surface area contributed by atoms with Crippen LogP contribution in [0.15, 0.2) is 60.7 Å². The van der Waals surface area contributed by atoms with E-state index < -0.39 is 0 Å². The molecule has 4 nitrogen and oxygen atoms in total. The van der Waals surface area contributed by atoms with Gasteiger partial charge >= 0.3 is 0 Å². The first-order valence-electron chi connectivity index (χ1n) is 9.56. The van der Waals surface area contributed by atoms with Crippen molar-refractivity contribution >= 4 is 0 Å². The fourth-order valence-corrected chi connectivity index (χ4v) is 3.48. The monoisotopic (exact) mass is 354 g/mol. The van der Waals surface area contributed by atoms with Crippen LogP contribution in [0.3, 0.4) is 0 Å². The van der Waals surface area contributed by atoms with Gasteiger partial charge in [-0.3, -0.25) is 4.90 Å².